The Kier molecular flexibility index (Phi) is 5.82. The molecule has 0 aliphatic rings. The molecule has 0 aliphatic carbocycles. The third-order valence-electron chi connectivity index (χ3n) is 3.12. The molecule has 0 fully saturated rings. The summed E-state index contributed by atoms with van der Waals surface area (Å²) >= 11 is 0. The smallest absolute Gasteiger partial charge is 0.243 e. The van der Waals surface area contributed by atoms with Crippen molar-refractivity contribution in [1.82, 2.24) is 5.32 Å². The second-order valence-electron chi connectivity index (χ2n) is 4.97. The number of rotatable bonds is 6. The van der Waals surface area contributed by atoms with E-state index in [-0.39, 0.29) is 18.9 Å². The van der Waals surface area contributed by atoms with Crippen LogP contribution < -0.4 is 10.6 Å². The highest BCUT2D eigenvalue weighted by Gasteiger charge is 2.14. The number of carbonyl (C=O) groups is 2. The molecule has 120 valence electrons. The van der Waals surface area contributed by atoms with E-state index in [1.165, 1.54) is 24.3 Å². The highest BCUT2D eigenvalue weighted by atomic mass is 19.1. The number of para-hydroxylation sites is 1. The van der Waals surface area contributed by atoms with Gasteiger partial charge in [-0.3, -0.25) is 9.59 Å². The minimum atomic E-state index is -1.12. The molecule has 0 radical (unpaired) electrons. The van der Waals surface area contributed by atoms with Gasteiger partial charge in [-0.15, -0.1) is 0 Å². The van der Waals surface area contributed by atoms with Gasteiger partial charge < -0.3 is 15.7 Å². The molecule has 2 rings (SSSR count). The predicted molar refractivity (Wildman–Crippen MR) is 84.1 cm³/mol. The van der Waals surface area contributed by atoms with E-state index in [1.54, 1.807) is 24.3 Å². The van der Waals surface area contributed by atoms with E-state index < -0.39 is 17.8 Å². The number of benzene rings is 2. The third-order valence-corrected chi connectivity index (χ3v) is 3.12. The molecule has 0 heterocycles. The van der Waals surface area contributed by atoms with Gasteiger partial charge in [-0.05, 0) is 29.8 Å². The Morgan fingerprint density at radius 1 is 1.04 bits per heavy atom. The third kappa shape index (κ3) is 5.52. The van der Waals surface area contributed by atoms with Crippen LogP contribution in [0.2, 0.25) is 0 Å². The first kappa shape index (κ1) is 16.6. The Hall–Kier alpha value is -2.73. The zero-order chi connectivity index (χ0) is 16.7. The van der Waals surface area contributed by atoms with E-state index in [0.29, 0.717) is 11.3 Å². The summed E-state index contributed by atoms with van der Waals surface area (Å²) in [5.74, 6) is -1.35. The highest BCUT2D eigenvalue weighted by Crippen LogP contribution is 2.17. The molecular formula is C17H17FN2O3. The molecule has 1 unspecified atom stereocenters. The largest absolute Gasteiger partial charge is 0.388 e. The van der Waals surface area contributed by atoms with Gasteiger partial charge in [0.15, 0.2) is 0 Å². The number of aliphatic hydroxyl groups excluding tert-OH is 1. The first-order valence-electron chi connectivity index (χ1n) is 7.10. The van der Waals surface area contributed by atoms with Gasteiger partial charge in [-0.2, -0.15) is 0 Å². The van der Waals surface area contributed by atoms with Gasteiger partial charge >= 0.3 is 0 Å². The topological polar surface area (TPSA) is 78.4 Å². The summed E-state index contributed by atoms with van der Waals surface area (Å²) in [5.41, 5.74) is 0.945. The van der Waals surface area contributed by atoms with Crippen LogP contribution in [0.15, 0.2) is 54.6 Å². The molecule has 23 heavy (non-hydrogen) atoms. The van der Waals surface area contributed by atoms with Crippen LogP contribution in [-0.4, -0.2) is 23.5 Å². The molecule has 0 spiro atoms. The fourth-order valence-electron chi connectivity index (χ4n) is 1.99. The number of hydrogen-bond acceptors (Lipinski definition) is 3. The molecule has 5 nitrogen and oxygen atoms in total. The number of carbonyl (C=O) groups excluding carboxylic acids is 2. The Balaban J connectivity index is 1.77. The molecule has 1 atom stereocenters. The molecule has 0 aromatic heterocycles. The summed E-state index contributed by atoms with van der Waals surface area (Å²) in [6.45, 7) is -0.205. The number of aliphatic hydroxyl groups is 1. The Bertz CT molecular complexity index is 677. The van der Waals surface area contributed by atoms with Crippen molar-refractivity contribution in [3.8, 4) is 0 Å². The molecule has 3 N–H and O–H groups in total. The van der Waals surface area contributed by atoms with Gasteiger partial charge in [0.1, 0.15) is 5.82 Å². The molecule has 0 aliphatic heterocycles. The zero-order valence-electron chi connectivity index (χ0n) is 12.3. The minimum absolute atomic E-state index is 0.205. The highest BCUT2D eigenvalue weighted by molar-refractivity contribution is 5.94. The summed E-state index contributed by atoms with van der Waals surface area (Å²) in [7, 11) is 0. The normalized spacial score (nSPS) is 11.6. The van der Waals surface area contributed by atoms with Crippen LogP contribution in [-0.2, 0) is 9.59 Å². The van der Waals surface area contributed by atoms with E-state index in [4.69, 9.17) is 0 Å². The lowest BCUT2D eigenvalue weighted by Crippen LogP contribution is -2.33. The maximum Gasteiger partial charge on any atom is 0.243 e. The number of amides is 2. The van der Waals surface area contributed by atoms with E-state index in [0.717, 1.165) is 0 Å². The average molecular weight is 316 g/mol. The van der Waals surface area contributed by atoms with Crippen molar-refractivity contribution in [2.45, 2.75) is 12.5 Å². The van der Waals surface area contributed by atoms with E-state index >= 15 is 0 Å². The van der Waals surface area contributed by atoms with Gasteiger partial charge in [0.25, 0.3) is 0 Å². The van der Waals surface area contributed by atoms with Gasteiger partial charge in [0.2, 0.25) is 11.8 Å². The van der Waals surface area contributed by atoms with Crippen LogP contribution in [0.5, 0.6) is 0 Å². The van der Waals surface area contributed by atoms with Gasteiger partial charge in [-0.1, -0.05) is 30.3 Å². The second-order valence-corrected chi connectivity index (χ2v) is 4.97. The maximum absolute atomic E-state index is 13.1. The second kappa shape index (κ2) is 8.05. The Labute approximate surface area is 133 Å². The lowest BCUT2D eigenvalue weighted by molar-refractivity contribution is -0.125. The predicted octanol–water partition coefficient (Wildman–Crippen LogP) is 2.00. The first-order chi connectivity index (χ1) is 11.0. The average Bonchev–Trinajstić information content (AvgIpc) is 2.54. The van der Waals surface area contributed by atoms with Crippen LogP contribution in [0.4, 0.5) is 10.1 Å². The summed E-state index contributed by atoms with van der Waals surface area (Å²) in [6, 6.07) is 14.3. The monoisotopic (exact) mass is 316 g/mol. The summed E-state index contributed by atoms with van der Waals surface area (Å²) in [4.78, 5) is 23.4. The van der Waals surface area contributed by atoms with Crippen LogP contribution >= 0.6 is 0 Å². The lowest BCUT2D eigenvalue weighted by atomic mass is 10.1. The molecule has 2 aromatic carbocycles. The molecule has 2 amide bonds. The SMILES string of the molecule is O=C(CC(O)c1cccc(F)c1)NCC(=O)Nc1ccccc1. The van der Waals surface area contributed by atoms with Crippen molar-refractivity contribution in [1.29, 1.82) is 0 Å². The van der Waals surface area contributed by atoms with E-state index in [9.17, 15) is 19.1 Å². The number of hydrogen-bond donors (Lipinski definition) is 3. The number of anilines is 1. The number of nitrogens with one attached hydrogen (secondary N) is 2. The van der Waals surface area contributed by atoms with Crippen LogP contribution in [0, 0.1) is 5.82 Å². The molecule has 2 aromatic rings. The summed E-state index contributed by atoms with van der Waals surface area (Å²) in [5, 5.41) is 14.9. The Morgan fingerprint density at radius 3 is 2.48 bits per heavy atom. The van der Waals surface area contributed by atoms with Crippen molar-refractivity contribution in [3.05, 3.63) is 66.0 Å². The van der Waals surface area contributed by atoms with E-state index in [1.807, 2.05) is 6.07 Å². The molecule has 0 bridgehead atoms. The van der Waals surface area contributed by atoms with Gasteiger partial charge in [0, 0.05) is 5.69 Å². The van der Waals surface area contributed by atoms with Crippen molar-refractivity contribution < 1.29 is 19.1 Å². The van der Waals surface area contributed by atoms with Crippen LogP contribution in [0.25, 0.3) is 0 Å². The summed E-state index contributed by atoms with van der Waals surface area (Å²) in [6.07, 6.45) is -1.37. The quantitative estimate of drug-likeness (QED) is 0.763. The fourth-order valence-corrected chi connectivity index (χ4v) is 1.99. The minimum Gasteiger partial charge on any atom is -0.388 e. The Morgan fingerprint density at radius 2 is 1.78 bits per heavy atom. The molecule has 0 saturated carbocycles. The summed E-state index contributed by atoms with van der Waals surface area (Å²) < 4.78 is 13.1. The van der Waals surface area contributed by atoms with E-state index in [2.05, 4.69) is 10.6 Å². The van der Waals surface area contributed by atoms with Crippen LogP contribution in [0.1, 0.15) is 18.1 Å². The van der Waals surface area contributed by atoms with Crippen LogP contribution in [0.3, 0.4) is 0 Å². The maximum atomic E-state index is 13.1. The van der Waals surface area contributed by atoms with Gasteiger partial charge in [0.05, 0.1) is 19.1 Å². The standard InChI is InChI=1S/C17H17FN2O3/c18-13-6-4-5-12(9-13)15(21)10-16(22)19-11-17(23)20-14-7-2-1-3-8-14/h1-9,15,21H,10-11H2,(H,19,22)(H,20,23). The fraction of sp³-hybridized carbons (Fsp3) is 0.176. The first-order valence-corrected chi connectivity index (χ1v) is 7.10. The van der Waals surface area contributed by atoms with Crippen molar-refractivity contribution in [3.63, 3.8) is 0 Å². The van der Waals surface area contributed by atoms with Crippen molar-refractivity contribution in [2.75, 3.05) is 11.9 Å². The molecular weight excluding hydrogens is 299 g/mol. The van der Waals surface area contributed by atoms with Crippen molar-refractivity contribution >= 4 is 17.5 Å². The number of halogens is 1. The molecule has 6 heteroatoms. The lowest BCUT2D eigenvalue weighted by Gasteiger charge is -2.11. The van der Waals surface area contributed by atoms with Gasteiger partial charge in [-0.25, -0.2) is 4.39 Å². The molecule has 0 saturated heterocycles. The van der Waals surface area contributed by atoms with Crippen molar-refractivity contribution in [2.24, 2.45) is 0 Å². The zero-order valence-corrected chi connectivity index (χ0v) is 12.3.